The van der Waals surface area contributed by atoms with Gasteiger partial charge < -0.3 is 10.1 Å². The van der Waals surface area contributed by atoms with Crippen LogP contribution in [0.3, 0.4) is 0 Å². The number of halogens is 1. The highest BCUT2D eigenvalue weighted by molar-refractivity contribution is 7.17. The molecule has 0 aliphatic rings. The summed E-state index contributed by atoms with van der Waals surface area (Å²) in [4.78, 5) is 0. The molecule has 2 nitrogen and oxygen atoms in total. The van der Waals surface area contributed by atoms with Crippen molar-refractivity contribution in [3.05, 3.63) is 65.3 Å². The van der Waals surface area contributed by atoms with Crippen LogP contribution in [-0.2, 0) is 0 Å². The molecule has 2 aromatic carbocycles. The molecule has 0 aliphatic heterocycles. The Labute approximate surface area is 133 Å². The van der Waals surface area contributed by atoms with Gasteiger partial charge >= 0.3 is 0 Å². The fourth-order valence-corrected chi connectivity index (χ4v) is 3.30. The number of rotatable bonds is 6. The van der Waals surface area contributed by atoms with E-state index in [1.165, 1.54) is 0 Å². The van der Waals surface area contributed by atoms with Gasteiger partial charge in [0.05, 0.1) is 0 Å². The quantitative estimate of drug-likeness (QED) is 0.707. The predicted octanol–water partition coefficient (Wildman–Crippen LogP) is 4.77. The molecule has 0 spiro atoms. The summed E-state index contributed by atoms with van der Waals surface area (Å²) in [6, 6.07) is 17.4. The van der Waals surface area contributed by atoms with Crippen LogP contribution in [0, 0.1) is 5.13 Å². The molecule has 114 valence electrons. The smallest absolute Gasteiger partial charge is 0.177 e. The molecule has 0 aliphatic carbocycles. The predicted molar refractivity (Wildman–Crippen MR) is 90.1 cm³/mol. The van der Waals surface area contributed by atoms with Crippen molar-refractivity contribution in [2.45, 2.75) is 12.5 Å². The van der Waals surface area contributed by atoms with Crippen molar-refractivity contribution < 1.29 is 9.13 Å². The summed E-state index contributed by atoms with van der Waals surface area (Å²) in [6.07, 6.45) is 0.797. The van der Waals surface area contributed by atoms with E-state index in [1.54, 1.807) is 6.07 Å². The minimum Gasteiger partial charge on any atom is -0.485 e. The standard InChI is InChI=1S/C18H18FNOS/c1-20-11-10-15(13-6-3-2-4-7-13)21-16-8-5-9-17-14(16)12-18(19)22-17/h2-9,12,15,20H,10-11H2,1H3/t15-/m0/s1. The average Bonchev–Trinajstić information content (AvgIpc) is 2.93. The zero-order valence-electron chi connectivity index (χ0n) is 12.4. The van der Waals surface area contributed by atoms with Crippen molar-refractivity contribution in [2.24, 2.45) is 0 Å². The molecular formula is C18H18FNOS. The van der Waals surface area contributed by atoms with Crippen LogP contribution < -0.4 is 10.1 Å². The third-order valence-electron chi connectivity index (χ3n) is 3.59. The molecule has 0 saturated carbocycles. The molecule has 0 radical (unpaired) electrons. The van der Waals surface area contributed by atoms with Gasteiger partial charge in [-0.15, -0.1) is 11.3 Å². The monoisotopic (exact) mass is 315 g/mol. The summed E-state index contributed by atoms with van der Waals surface area (Å²) in [7, 11) is 1.93. The molecule has 0 bridgehead atoms. The molecule has 0 saturated heterocycles. The summed E-state index contributed by atoms with van der Waals surface area (Å²) in [5.41, 5.74) is 1.13. The Morgan fingerprint density at radius 1 is 1.14 bits per heavy atom. The molecule has 0 unspecified atom stereocenters. The Morgan fingerprint density at radius 2 is 1.95 bits per heavy atom. The van der Waals surface area contributed by atoms with E-state index in [0.717, 1.165) is 45.7 Å². The average molecular weight is 315 g/mol. The Morgan fingerprint density at radius 3 is 2.73 bits per heavy atom. The van der Waals surface area contributed by atoms with Gasteiger partial charge in [0.15, 0.2) is 5.13 Å². The number of benzene rings is 2. The third-order valence-corrected chi connectivity index (χ3v) is 4.48. The van der Waals surface area contributed by atoms with Gasteiger partial charge in [-0.3, -0.25) is 0 Å². The molecule has 1 heterocycles. The van der Waals surface area contributed by atoms with E-state index in [1.807, 2.05) is 43.4 Å². The van der Waals surface area contributed by atoms with Gasteiger partial charge in [-0.1, -0.05) is 36.4 Å². The van der Waals surface area contributed by atoms with Crippen LogP contribution in [0.1, 0.15) is 18.1 Å². The summed E-state index contributed by atoms with van der Waals surface area (Å²) in [6.45, 7) is 0.855. The number of hydrogen-bond acceptors (Lipinski definition) is 3. The van der Waals surface area contributed by atoms with Gasteiger partial charge in [0.1, 0.15) is 11.9 Å². The fourth-order valence-electron chi connectivity index (χ4n) is 2.50. The normalized spacial score (nSPS) is 12.5. The van der Waals surface area contributed by atoms with E-state index in [4.69, 9.17) is 4.74 Å². The molecule has 0 amide bonds. The van der Waals surface area contributed by atoms with Crippen molar-refractivity contribution in [1.29, 1.82) is 0 Å². The van der Waals surface area contributed by atoms with Crippen molar-refractivity contribution in [3.8, 4) is 5.75 Å². The highest BCUT2D eigenvalue weighted by atomic mass is 32.1. The van der Waals surface area contributed by atoms with E-state index in [-0.39, 0.29) is 11.2 Å². The molecule has 0 fully saturated rings. The number of ether oxygens (including phenoxy) is 1. The van der Waals surface area contributed by atoms with Gasteiger partial charge in [0, 0.05) is 16.5 Å². The zero-order chi connectivity index (χ0) is 15.4. The lowest BCUT2D eigenvalue weighted by atomic mass is 10.1. The lowest BCUT2D eigenvalue weighted by Crippen LogP contribution is -2.16. The number of fused-ring (bicyclic) bond motifs is 1. The first-order chi connectivity index (χ1) is 10.8. The largest absolute Gasteiger partial charge is 0.485 e. The van der Waals surface area contributed by atoms with Gasteiger partial charge in [0.25, 0.3) is 0 Å². The van der Waals surface area contributed by atoms with Gasteiger partial charge in [-0.25, -0.2) is 0 Å². The van der Waals surface area contributed by atoms with E-state index < -0.39 is 0 Å². The second-order valence-electron chi connectivity index (χ2n) is 5.13. The van der Waals surface area contributed by atoms with Crippen LogP contribution in [0.5, 0.6) is 5.75 Å². The Balaban J connectivity index is 1.91. The highest BCUT2D eigenvalue weighted by Crippen LogP contribution is 2.35. The molecule has 4 heteroatoms. The molecule has 1 N–H and O–H groups in total. The van der Waals surface area contributed by atoms with Gasteiger partial charge in [-0.05, 0) is 37.4 Å². The first kappa shape index (κ1) is 15.0. The second kappa shape index (κ2) is 6.90. The zero-order valence-corrected chi connectivity index (χ0v) is 13.2. The summed E-state index contributed by atoms with van der Waals surface area (Å²) >= 11 is 1.15. The molecule has 3 aromatic rings. The SMILES string of the molecule is CNCC[C@H](Oc1cccc2sc(F)cc12)c1ccccc1. The third kappa shape index (κ3) is 3.29. The molecular weight excluding hydrogens is 297 g/mol. The maximum absolute atomic E-state index is 13.5. The van der Waals surface area contributed by atoms with E-state index in [2.05, 4.69) is 17.4 Å². The van der Waals surface area contributed by atoms with Crippen molar-refractivity contribution >= 4 is 21.4 Å². The van der Waals surface area contributed by atoms with Crippen LogP contribution in [-0.4, -0.2) is 13.6 Å². The fraction of sp³-hybridized carbons (Fsp3) is 0.222. The summed E-state index contributed by atoms with van der Waals surface area (Å²) < 4.78 is 20.7. The van der Waals surface area contributed by atoms with Crippen LogP contribution in [0.15, 0.2) is 54.6 Å². The highest BCUT2D eigenvalue weighted by Gasteiger charge is 2.15. The Kier molecular flexibility index (Phi) is 4.71. The minimum absolute atomic E-state index is 0.0535. The number of hydrogen-bond donors (Lipinski definition) is 1. The topological polar surface area (TPSA) is 21.3 Å². The van der Waals surface area contributed by atoms with Gasteiger partial charge in [-0.2, -0.15) is 4.39 Å². The second-order valence-corrected chi connectivity index (χ2v) is 6.16. The minimum atomic E-state index is -0.183. The van der Waals surface area contributed by atoms with E-state index >= 15 is 0 Å². The molecule has 3 rings (SSSR count). The van der Waals surface area contributed by atoms with Crippen LogP contribution in [0.2, 0.25) is 0 Å². The Bertz CT molecular complexity index is 741. The number of thiophene rings is 1. The lowest BCUT2D eigenvalue weighted by molar-refractivity contribution is 0.197. The summed E-state index contributed by atoms with van der Waals surface area (Å²) in [5.74, 6) is 0.739. The van der Waals surface area contributed by atoms with E-state index in [0.29, 0.717) is 0 Å². The molecule has 22 heavy (non-hydrogen) atoms. The lowest BCUT2D eigenvalue weighted by Gasteiger charge is -2.20. The first-order valence-corrected chi connectivity index (χ1v) is 8.14. The maximum Gasteiger partial charge on any atom is 0.177 e. The molecule has 1 atom stereocenters. The van der Waals surface area contributed by atoms with Crippen molar-refractivity contribution in [3.63, 3.8) is 0 Å². The van der Waals surface area contributed by atoms with Crippen molar-refractivity contribution in [2.75, 3.05) is 13.6 Å². The first-order valence-electron chi connectivity index (χ1n) is 7.32. The van der Waals surface area contributed by atoms with E-state index in [9.17, 15) is 4.39 Å². The van der Waals surface area contributed by atoms with Crippen LogP contribution in [0.25, 0.3) is 10.1 Å². The van der Waals surface area contributed by atoms with Crippen molar-refractivity contribution in [1.82, 2.24) is 5.32 Å². The van der Waals surface area contributed by atoms with Gasteiger partial charge in [0.2, 0.25) is 0 Å². The number of nitrogens with one attached hydrogen (secondary N) is 1. The van der Waals surface area contributed by atoms with Crippen LogP contribution in [0.4, 0.5) is 4.39 Å². The maximum atomic E-state index is 13.5. The summed E-state index contributed by atoms with van der Waals surface area (Å²) in [5, 5.41) is 3.82. The molecule has 1 aromatic heterocycles. The van der Waals surface area contributed by atoms with Crippen LogP contribution >= 0.6 is 11.3 Å². The Hall–Kier alpha value is -1.91.